The number of aromatic nitrogens is 3. The van der Waals surface area contributed by atoms with Crippen molar-refractivity contribution in [3.05, 3.63) is 59.4 Å². The summed E-state index contributed by atoms with van der Waals surface area (Å²) in [4.78, 5) is 33.3. The van der Waals surface area contributed by atoms with Gasteiger partial charge in [0.15, 0.2) is 12.2 Å². The number of aliphatic hydroxyl groups excluding tert-OH is 1. The first-order chi connectivity index (χ1) is 21.4. The molecule has 0 bridgehead atoms. The van der Waals surface area contributed by atoms with Crippen molar-refractivity contribution in [2.45, 2.75) is 51.6 Å². The molecule has 1 aromatic carbocycles. The molecular formula is C31H42N8O5. The number of amides is 1. The second kappa shape index (κ2) is 13.9. The molecule has 3 N–H and O–H groups in total. The molecule has 0 saturated carbocycles. The van der Waals surface area contributed by atoms with Crippen molar-refractivity contribution in [3.63, 3.8) is 0 Å². The number of oxazole rings is 1. The van der Waals surface area contributed by atoms with Crippen LogP contribution in [0.2, 0.25) is 0 Å². The summed E-state index contributed by atoms with van der Waals surface area (Å²) in [7, 11) is 0. The van der Waals surface area contributed by atoms with Crippen LogP contribution in [0.3, 0.4) is 0 Å². The molecule has 2 saturated heterocycles. The molecule has 3 aromatic rings. The van der Waals surface area contributed by atoms with Crippen molar-refractivity contribution < 1.29 is 23.8 Å². The number of ether oxygens (including phenoxy) is 2. The van der Waals surface area contributed by atoms with Crippen LogP contribution in [0.15, 0.2) is 41.3 Å². The fraction of sp³-hybridized carbons (Fsp3) is 0.548. The number of carbonyl (C=O) groups excluding carboxylic acids is 1. The van der Waals surface area contributed by atoms with E-state index in [2.05, 4.69) is 61.3 Å². The van der Waals surface area contributed by atoms with Gasteiger partial charge >= 0.3 is 0 Å². The molecule has 236 valence electrons. The molecule has 1 atom stereocenters. The lowest BCUT2D eigenvalue weighted by molar-refractivity contribution is 0.0209. The second-order valence-electron chi connectivity index (χ2n) is 12.0. The first-order valence-corrected chi connectivity index (χ1v) is 15.4. The highest BCUT2D eigenvalue weighted by Crippen LogP contribution is 2.25. The van der Waals surface area contributed by atoms with Crippen LogP contribution in [-0.4, -0.2) is 113 Å². The molecule has 2 aromatic heterocycles. The molecule has 2 fully saturated rings. The van der Waals surface area contributed by atoms with Gasteiger partial charge in [-0.05, 0) is 43.5 Å². The first kappa shape index (κ1) is 30.3. The molecule has 0 spiro atoms. The van der Waals surface area contributed by atoms with E-state index in [-0.39, 0.29) is 24.2 Å². The molecule has 0 unspecified atom stereocenters. The lowest BCUT2D eigenvalue weighted by Gasteiger charge is -2.37. The number of aliphatic hydroxyl groups is 1. The van der Waals surface area contributed by atoms with Gasteiger partial charge in [0.05, 0.1) is 31.6 Å². The van der Waals surface area contributed by atoms with Crippen LogP contribution in [0.5, 0.6) is 5.75 Å². The Balaban J connectivity index is 1.02. The maximum Gasteiger partial charge on any atom is 0.270 e. The van der Waals surface area contributed by atoms with Gasteiger partial charge in [-0.1, -0.05) is 6.07 Å². The second-order valence-corrected chi connectivity index (χ2v) is 12.0. The Hall–Kier alpha value is -3.78. The van der Waals surface area contributed by atoms with Crippen LogP contribution >= 0.6 is 0 Å². The Kier molecular flexibility index (Phi) is 9.55. The van der Waals surface area contributed by atoms with Crippen molar-refractivity contribution in [2.75, 3.05) is 69.2 Å². The number of piperazine rings is 1. The van der Waals surface area contributed by atoms with Gasteiger partial charge in [0, 0.05) is 64.5 Å². The zero-order valence-electron chi connectivity index (χ0n) is 25.4. The maximum absolute atomic E-state index is 13.2. The average molecular weight is 607 g/mol. The van der Waals surface area contributed by atoms with Crippen LogP contribution in [0, 0.1) is 0 Å². The van der Waals surface area contributed by atoms with Crippen molar-refractivity contribution in [3.8, 4) is 5.75 Å². The number of rotatable bonds is 12. The summed E-state index contributed by atoms with van der Waals surface area (Å²) in [6, 6.07) is 8.43. The highest BCUT2D eigenvalue weighted by molar-refractivity contribution is 5.93. The summed E-state index contributed by atoms with van der Waals surface area (Å²) >= 11 is 0. The number of carbonyl (C=O) groups is 1. The normalized spacial score (nSPS) is 18.5. The molecule has 0 radical (unpaired) electrons. The number of β-amino-alcohol motifs (C(OH)–C–C–N with tert-alkyl or cyclic N) is 1. The van der Waals surface area contributed by atoms with Gasteiger partial charge in [-0.2, -0.15) is 4.98 Å². The molecule has 44 heavy (non-hydrogen) atoms. The molecule has 0 aliphatic carbocycles. The van der Waals surface area contributed by atoms with E-state index in [0.29, 0.717) is 49.9 Å². The minimum Gasteiger partial charge on any atom is -0.486 e. The van der Waals surface area contributed by atoms with Gasteiger partial charge in [0.1, 0.15) is 23.9 Å². The third kappa shape index (κ3) is 7.65. The molecular weight excluding hydrogens is 564 g/mol. The predicted octanol–water partition coefficient (Wildman–Crippen LogP) is 1.53. The Labute approximate surface area is 257 Å². The Morgan fingerprint density at radius 3 is 2.68 bits per heavy atom. The van der Waals surface area contributed by atoms with Gasteiger partial charge in [0.25, 0.3) is 5.91 Å². The van der Waals surface area contributed by atoms with Crippen LogP contribution in [0.25, 0.3) is 0 Å². The van der Waals surface area contributed by atoms with Crippen molar-refractivity contribution in [1.82, 2.24) is 30.1 Å². The number of hydrogen-bond acceptors (Lipinski definition) is 12. The average Bonchev–Trinajstić information content (AvgIpc) is 3.54. The summed E-state index contributed by atoms with van der Waals surface area (Å²) in [6.45, 7) is 11.5. The molecule has 1 amide bonds. The van der Waals surface area contributed by atoms with E-state index in [0.717, 1.165) is 51.4 Å². The van der Waals surface area contributed by atoms with Crippen molar-refractivity contribution in [2.24, 2.45) is 0 Å². The van der Waals surface area contributed by atoms with Crippen LogP contribution in [0.4, 0.5) is 11.8 Å². The Bertz CT molecular complexity index is 1390. The molecule has 13 nitrogen and oxygen atoms in total. The highest BCUT2D eigenvalue weighted by Gasteiger charge is 2.25. The maximum atomic E-state index is 13.2. The number of fused-ring (bicyclic) bond motifs is 1. The van der Waals surface area contributed by atoms with E-state index in [1.54, 1.807) is 12.3 Å². The zero-order chi connectivity index (χ0) is 30.5. The summed E-state index contributed by atoms with van der Waals surface area (Å²) in [5.41, 5.74) is 2.73. The number of nitrogens with zero attached hydrogens (tertiary/aromatic N) is 6. The van der Waals surface area contributed by atoms with E-state index in [4.69, 9.17) is 18.9 Å². The van der Waals surface area contributed by atoms with E-state index in [9.17, 15) is 9.90 Å². The number of benzene rings is 1. The molecule has 3 aliphatic rings. The molecule has 3 aliphatic heterocycles. The number of hydrogen-bond donors (Lipinski definition) is 3. The van der Waals surface area contributed by atoms with E-state index >= 15 is 0 Å². The fourth-order valence-corrected chi connectivity index (χ4v) is 5.70. The third-order valence-corrected chi connectivity index (χ3v) is 8.37. The van der Waals surface area contributed by atoms with Gasteiger partial charge in [-0.3, -0.25) is 14.6 Å². The van der Waals surface area contributed by atoms with Gasteiger partial charge in [-0.25, -0.2) is 9.97 Å². The lowest BCUT2D eigenvalue weighted by Crippen LogP contribution is -2.49. The first-order valence-electron chi connectivity index (χ1n) is 15.4. The van der Waals surface area contributed by atoms with Crippen molar-refractivity contribution in [1.29, 1.82) is 0 Å². The molecule has 6 rings (SSSR count). The summed E-state index contributed by atoms with van der Waals surface area (Å²) in [6.07, 6.45) is 3.17. The van der Waals surface area contributed by atoms with Gasteiger partial charge in [-0.15, -0.1) is 0 Å². The smallest absolute Gasteiger partial charge is 0.270 e. The number of nitrogens with one attached hydrogen (secondary N) is 2. The van der Waals surface area contributed by atoms with Crippen LogP contribution < -0.4 is 20.3 Å². The van der Waals surface area contributed by atoms with Crippen LogP contribution in [-0.2, 0) is 24.3 Å². The van der Waals surface area contributed by atoms with Gasteiger partial charge in [0.2, 0.25) is 5.95 Å². The summed E-state index contributed by atoms with van der Waals surface area (Å²) in [5.74, 6) is 2.29. The lowest BCUT2D eigenvalue weighted by atomic mass is 9.99. The zero-order valence-corrected chi connectivity index (χ0v) is 25.4. The summed E-state index contributed by atoms with van der Waals surface area (Å²) in [5, 5.41) is 17.1. The van der Waals surface area contributed by atoms with Crippen molar-refractivity contribution >= 4 is 17.7 Å². The Morgan fingerprint density at radius 1 is 1.11 bits per heavy atom. The summed E-state index contributed by atoms with van der Waals surface area (Å²) < 4.78 is 16.4. The van der Waals surface area contributed by atoms with Crippen LogP contribution in [0.1, 0.15) is 41.2 Å². The minimum atomic E-state index is -0.722. The SMILES string of the molecule is CC(C)N1CCN(c2nc(NC3COC3)cc(C(=O)NC[C@H](O)CN3CCc4cc(OCc5cnco5)ccc4C3)n2)CC1. The van der Waals surface area contributed by atoms with E-state index in [1.165, 1.54) is 17.5 Å². The van der Waals surface area contributed by atoms with Gasteiger partial charge < -0.3 is 34.5 Å². The third-order valence-electron chi connectivity index (χ3n) is 8.37. The number of anilines is 2. The minimum absolute atomic E-state index is 0.127. The van der Waals surface area contributed by atoms with E-state index in [1.807, 2.05) is 6.07 Å². The monoisotopic (exact) mass is 606 g/mol. The quantitative estimate of drug-likeness (QED) is 0.275. The predicted molar refractivity (Wildman–Crippen MR) is 164 cm³/mol. The van der Waals surface area contributed by atoms with E-state index < -0.39 is 6.10 Å². The largest absolute Gasteiger partial charge is 0.486 e. The topological polar surface area (TPSA) is 141 Å². The Morgan fingerprint density at radius 2 is 1.95 bits per heavy atom. The molecule has 5 heterocycles. The highest BCUT2D eigenvalue weighted by atomic mass is 16.5. The standard InChI is InChI=1S/C31H42N8O5/c1-21(2)38-7-9-39(10-8-38)31-35-28(12-29(36-31)34-24-17-42-18-24)30(41)33-13-25(40)16-37-6-5-22-11-26(4-3-23(22)15-37)43-19-27-14-32-20-44-27/h3-4,11-12,14,20-21,24-25,40H,5-10,13,15-19H2,1-2H3,(H,33,41)(H,34,35,36)/t25-/m0/s1. The molecule has 13 heteroatoms. The fourth-order valence-electron chi connectivity index (χ4n) is 5.70.